The van der Waals surface area contributed by atoms with E-state index in [-0.39, 0.29) is 17.6 Å². The van der Waals surface area contributed by atoms with Gasteiger partial charge in [-0.25, -0.2) is 0 Å². The van der Waals surface area contributed by atoms with Crippen molar-refractivity contribution >= 4 is 5.91 Å². The van der Waals surface area contributed by atoms with Crippen molar-refractivity contribution in [2.24, 2.45) is 16.0 Å². The Morgan fingerprint density at radius 2 is 2.07 bits per heavy atom. The van der Waals surface area contributed by atoms with Crippen LogP contribution in [-0.2, 0) is 4.79 Å². The molecule has 15 heavy (non-hydrogen) atoms. The third-order valence-electron chi connectivity index (χ3n) is 3.15. The van der Waals surface area contributed by atoms with Crippen molar-refractivity contribution in [2.75, 3.05) is 13.1 Å². The maximum Gasteiger partial charge on any atom is 0.222 e. The maximum atomic E-state index is 11.8. The molecule has 2 heterocycles. The summed E-state index contributed by atoms with van der Waals surface area (Å²) in [5, 5.41) is 7.80. The molecule has 1 amide bonds. The second-order valence-corrected chi connectivity index (χ2v) is 4.64. The Morgan fingerprint density at radius 1 is 1.47 bits per heavy atom. The van der Waals surface area contributed by atoms with Crippen LogP contribution >= 0.6 is 0 Å². The van der Waals surface area contributed by atoms with Crippen molar-refractivity contribution in [2.45, 2.75) is 44.3 Å². The SMILES string of the molecule is CC1(CCC(=O)N2CCC(N)CC2)N=N1. The summed E-state index contributed by atoms with van der Waals surface area (Å²) in [5.74, 6) is 0.223. The van der Waals surface area contributed by atoms with Crippen molar-refractivity contribution in [3.05, 3.63) is 0 Å². The zero-order valence-corrected chi connectivity index (χ0v) is 9.15. The van der Waals surface area contributed by atoms with Crippen LogP contribution < -0.4 is 5.73 Å². The van der Waals surface area contributed by atoms with Crippen LogP contribution in [0, 0.1) is 0 Å². The molecule has 2 N–H and O–H groups in total. The summed E-state index contributed by atoms with van der Waals surface area (Å²) in [4.78, 5) is 13.7. The van der Waals surface area contributed by atoms with Gasteiger partial charge in [-0.15, -0.1) is 0 Å². The number of likely N-dealkylation sites (tertiary alicyclic amines) is 1. The van der Waals surface area contributed by atoms with Crippen LogP contribution in [0.25, 0.3) is 0 Å². The van der Waals surface area contributed by atoms with Gasteiger partial charge >= 0.3 is 0 Å². The molecule has 0 aromatic heterocycles. The molecule has 0 aromatic carbocycles. The molecule has 5 heteroatoms. The molecular formula is C10H18N4O. The second-order valence-electron chi connectivity index (χ2n) is 4.64. The van der Waals surface area contributed by atoms with Gasteiger partial charge in [0.05, 0.1) is 0 Å². The van der Waals surface area contributed by atoms with Crippen LogP contribution in [0.3, 0.4) is 0 Å². The lowest BCUT2D eigenvalue weighted by molar-refractivity contribution is -0.132. The topological polar surface area (TPSA) is 71.0 Å². The minimum Gasteiger partial charge on any atom is -0.343 e. The third kappa shape index (κ3) is 2.75. The number of rotatable bonds is 3. The van der Waals surface area contributed by atoms with Gasteiger partial charge in [0.15, 0.2) is 5.66 Å². The summed E-state index contributed by atoms with van der Waals surface area (Å²) < 4.78 is 0. The van der Waals surface area contributed by atoms with E-state index in [4.69, 9.17) is 5.73 Å². The summed E-state index contributed by atoms with van der Waals surface area (Å²) in [7, 11) is 0. The Balaban J connectivity index is 1.71. The number of carbonyl (C=O) groups excluding carboxylic acids is 1. The van der Waals surface area contributed by atoms with E-state index >= 15 is 0 Å². The normalized spacial score (nSPS) is 24.3. The van der Waals surface area contributed by atoms with Crippen molar-refractivity contribution in [3.8, 4) is 0 Å². The fraction of sp³-hybridized carbons (Fsp3) is 0.900. The number of piperidine rings is 1. The Hall–Kier alpha value is -0.970. The van der Waals surface area contributed by atoms with Gasteiger partial charge in [0.1, 0.15) is 0 Å². The molecule has 2 aliphatic rings. The van der Waals surface area contributed by atoms with Gasteiger partial charge in [-0.2, -0.15) is 10.2 Å². The lowest BCUT2D eigenvalue weighted by Gasteiger charge is -2.30. The summed E-state index contributed by atoms with van der Waals surface area (Å²) in [6.45, 7) is 3.57. The quantitative estimate of drug-likeness (QED) is 0.751. The first-order valence-electron chi connectivity index (χ1n) is 5.56. The number of hydrogen-bond donors (Lipinski definition) is 1. The van der Waals surface area contributed by atoms with Crippen molar-refractivity contribution in [1.82, 2.24) is 4.90 Å². The molecule has 0 aliphatic carbocycles. The molecule has 0 saturated carbocycles. The molecule has 0 atom stereocenters. The number of nitrogens with two attached hydrogens (primary N) is 1. The van der Waals surface area contributed by atoms with E-state index in [1.165, 1.54) is 0 Å². The molecule has 0 aromatic rings. The summed E-state index contributed by atoms with van der Waals surface area (Å²) in [5.41, 5.74) is 5.53. The van der Waals surface area contributed by atoms with Gasteiger partial charge in [-0.1, -0.05) is 0 Å². The van der Waals surface area contributed by atoms with Crippen LogP contribution in [0.15, 0.2) is 10.2 Å². The molecule has 0 radical (unpaired) electrons. The largest absolute Gasteiger partial charge is 0.343 e. The highest BCUT2D eigenvalue weighted by molar-refractivity contribution is 5.76. The average Bonchev–Trinajstić information content (AvgIpc) is 2.95. The monoisotopic (exact) mass is 210 g/mol. The Kier molecular flexibility index (Phi) is 2.73. The van der Waals surface area contributed by atoms with Crippen LogP contribution in [0.2, 0.25) is 0 Å². The van der Waals surface area contributed by atoms with Gasteiger partial charge in [-0.05, 0) is 19.8 Å². The number of nitrogens with zero attached hydrogens (tertiary/aromatic N) is 3. The molecule has 2 rings (SSSR count). The molecule has 0 unspecified atom stereocenters. The molecule has 1 saturated heterocycles. The number of carbonyl (C=O) groups is 1. The van der Waals surface area contributed by atoms with E-state index in [1.54, 1.807) is 0 Å². The second kappa shape index (κ2) is 3.89. The summed E-state index contributed by atoms with van der Waals surface area (Å²) in [6, 6.07) is 0.278. The molecule has 0 bridgehead atoms. The predicted molar refractivity (Wildman–Crippen MR) is 56.3 cm³/mol. The molecule has 84 valence electrons. The van der Waals surface area contributed by atoms with Crippen LogP contribution in [-0.4, -0.2) is 35.6 Å². The summed E-state index contributed by atoms with van der Waals surface area (Å²) in [6.07, 6.45) is 3.16. The lowest BCUT2D eigenvalue weighted by Crippen LogP contribution is -2.43. The maximum absolute atomic E-state index is 11.8. The van der Waals surface area contributed by atoms with E-state index in [9.17, 15) is 4.79 Å². The van der Waals surface area contributed by atoms with E-state index in [0.29, 0.717) is 6.42 Å². The van der Waals surface area contributed by atoms with E-state index < -0.39 is 0 Å². The van der Waals surface area contributed by atoms with E-state index in [1.807, 2.05) is 11.8 Å². The lowest BCUT2D eigenvalue weighted by atomic mass is 10.0. The third-order valence-corrected chi connectivity index (χ3v) is 3.15. The molecule has 5 nitrogen and oxygen atoms in total. The highest BCUT2D eigenvalue weighted by Gasteiger charge is 2.34. The van der Waals surface area contributed by atoms with Crippen molar-refractivity contribution < 1.29 is 4.79 Å². The summed E-state index contributed by atoms with van der Waals surface area (Å²) >= 11 is 0. The smallest absolute Gasteiger partial charge is 0.222 e. The highest BCUT2D eigenvalue weighted by atomic mass is 16.2. The molecule has 0 spiro atoms. The number of amides is 1. The van der Waals surface area contributed by atoms with E-state index in [0.717, 1.165) is 32.4 Å². The van der Waals surface area contributed by atoms with Crippen molar-refractivity contribution in [1.29, 1.82) is 0 Å². The van der Waals surface area contributed by atoms with Crippen LogP contribution in [0.1, 0.15) is 32.6 Å². The standard InChI is InChI=1S/C10H18N4O/c1-10(12-13-10)5-2-9(15)14-6-3-8(11)4-7-14/h8H,2-7,11H2,1H3. The van der Waals surface area contributed by atoms with Crippen LogP contribution in [0.4, 0.5) is 0 Å². The molecule has 2 aliphatic heterocycles. The molecule has 1 fully saturated rings. The van der Waals surface area contributed by atoms with Gasteiger partial charge < -0.3 is 10.6 Å². The van der Waals surface area contributed by atoms with Crippen LogP contribution in [0.5, 0.6) is 0 Å². The first-order valence-corrected chi connectivity index (χ1v) is 5.56. The Labute approximate surface area is 89.7 Å². The van der Waals surface area contributed by atoms with Gasteiger partial charge in [-0.3, -0.25) is 4.79 Å². The Bertz CT molecular complexity index is 275. The predicted octanol–water partition coefficient (Wildman–Crippen LogP) is 0.898. The first-order chi connectivity index (χ1) is 7.09. The fourth-order valence-electron chi connectivity index (χ4n) is 1.84. The first kappa shape index (κ1) is 10.5. The zero-order valence-electron chi connectivity index (χ0n) is 9.15. The fourth-order valence-corrected chi connectivity index (χ4v) is 1.84. The Morgan fingerprint density at radius 3 is 2.60 bits per heavy atom. The number of hydrogen-bond acceptors (Lipinski definition) is 4. The van der Waals surface area contributed by atoms with Gasteiger partial charge in [0.25, 0.3) is 0 Å². The average molecular weight is 210 g/mol. The van der Waals surface area contributed by atoms with Gasteiger partial charge in [0, 0.05) is 32.0 Å². The molecular weight excluding hydrogens is 192 g/mol. The van der Waals surface area contributed by atoms with E-state index in [2.05, 4.69) is 10.2 Å². The minimum absolute atomic E-state index is 0.223. The van der Waals surface area contributed by atoms with Gasteiger partial charge in [0.2, 0.25) is 5.91 Å². The minimum atomic E-state index is -0.248. The zero-order chi connectivity index (χ0) is 10.9. The van der Waals surface area contributed by atoms with Crippen molar-refractivity contribution in [3.63, 3.8) is 0 Å². The highest BCUT2D eigenvalue weighted by Crippen LogP contribution is 2.32.